The van der Waals surface area contributed by atoms with Crippen LogP contribution in [0.15, 0.2) is 54.6 Å². The van der Waals surface area contributed by atoms with E-state index >= 15 is 0 Å². The number of aliphatic hydroxyl groups is 2. The minimum Gasteiger partial charge on any atom is -0.385 e. The summed E-state index contributed by atoms with van der Waals surface area (Å²) in [5, 5.41) is 19.9. The summed E-state index contributed by atoms with van der Waals surface area (Å²) >= 11 is 0. The summed E-state index contributed by atoms with van der Waals surface area (Å²) in [7, 11) is 0. The summed E-state index contributed by atoms with van der Waals surface area (Å²) < 4.78 is 0. The van der Waals surface area contributed by atoms with Crippen LogP contribution in [0.3, 0.4) is 0 Å². The minimum absolute atomic E-state index is 0.702. The van der Waals surface area contributed by atoms with E-state index in [9.17, 15) is 10.2 Å². The van der Waals surface area contributed by atoms with Crippen LogP contribution in [0.1, 0.15) is 5.56 Å². The van der Waals surface area contributed by atoms with Crippen molar-refractivity contribution in [2.45, 2.75) is 11.7 Å². The van der Waals surface area contributed by atoms with Crippen molar-refractivity contribution in [1.82, 2.24) is 0 Å². The molecule has 14 heavy (non-hydrogen) atoms. The van der Waals surface area contributed by atoms with E-state index in [2.05, 4.69) is 0 Å². The van der Waals surface area contributed by atoms with Crippen LogP contribution in [-0.2, 0) is 5.60 Å². The standard InChI is InChI=1S/C12H12O2/c13-11-8-4-5-9-12(11,14)10-6-2-1-3-7-10/h1-9,11,13-14H. The molecule has 0 fully saturated rings. The summed E-state index contributed by atoms with van der Waals surface area (Å²) in [5.41, 5.74) is -0.580. The van der Waals surface area contributed by atoms with Gasteiger partial charge < -0.3 is 10.2 Å². The maximum absolute atomic E-state index is 10.2. The van der Waals surface area contributed by atoms with Crippen LogP contribution < -0.4 is 0 Å². The first-order valence-corrected chi connectivity index (χ1v) is 4.55. The molecule has 0 amide bonds. The third-order valence-corrected chi connectivity index (χ3v) is 2.44. The molecule has 2 nitrogen and oxygen atoms in total. The van der Waals surface area contributed by atoms with Gasteiger partial charge in [0.15, 0.2) is 0 Å². The first kappa shape index (κ1) is 9.19. The van der Waals surface area contributed by atoms with Crippen LogP contribution in [0.2, 0.25) is 0 Å². The molecule has 0 saturated carbocycles. The van der Waals surface area contributed by atoms with Gasteiger partial charge in [-0.3, -0.25) is 0 Å². The van der Waals surface area contributed by atoms with Gasteiger partial charge >= 0.3 is 0 Å². The molecule has 2 unspecified atom stereocenters. The highest BCUT2D eigenvalue weighted by Gasteiger charge is 2.34. The molecular weight excluding hydrogens is 176 g/mol. The molecule has 1 aromatic carbocycles. The molecule has 0 spiro atoms. The molecule has 1 aromatic rings. The molecular formula is C12H12O2. The third kappa shape index (κ3) is 1.39. The van der Waals surface area contributed by atoms with Crippen LogP contribution in [0.5, 0.6) is 0 Å². The van der Waals surface area contributed by atoms with E-state index in [1.54, 1.807) is 36.4 Å². The van der Waals surface area contributed by atoms with Crippen molar-refractivity contribution in [3.8, 4) is 0 Å². The maximum Gasteiger partial charge on any atom is 0.137 e. The lowest BCUT2D eigenvalue weighted by atomic mass is 9.85. The molecule has 0 aromatic heterocycles. The Kier molecular flexibility index (Phi) is 2.23. The Labute approximate surface area is 82.8 Å². The van der Waals surface area contributed by atoms with E-state index in [0.29, 0.717) is 5.56 Å². The third-order valence-electron chi connectivity index (χ3n) is 2.44. The minimum atomic E-state index is -1.28. The second-order valence-electron chi connectivity index (χ2n) is 3.38. The van der Waals surface area contributed by atoms with Crippen molar-refractivity contribution in [2.75, 3.05) is 0 Å². The molecule has 72 valence electrons. The summed E-state index contributed by atoms with van der Waals surface area (Å²) in [6.45, 7) is 0. The van der Waals surface area contributed by atoms with Crippen molar-refractivity contribution in [3.05, 3.63) is 60.2 Å². The van der Waals surface area contributed by atoms with E-state index in [0.717, 1.165) is 0 Å². The first-order valence-electron chi connectivity index (χ1n) is 4.55. The molecule has 2 atom stereocenters. The summed E-state index contributed by atoms with van der Waals surface area (Å²) in [6.07, 6.45) is 5.76. The van der Waals surface area contributed by atoms with Crippen molar-refractivity contribution in [1.29, 1.82) is 0 Å². The Morgan fingerprint density at radius 3 is 2.43 bits per heavy atom. The second kappa shape index (κ2) is 3.40. The smallest absolute Gasteiger partial charge is 0.137 e. The Morgan fingerprint density at radius 2 is 1.79 bits per heavy atom. The lowest BCUT2D eigenvalue weighted by molar-refractivity contribution is -0.0194. The molecule has 1 aliphatic rings. The number of benzene rings is 1. The average molecular weight is 188 g/mol. The van der Waals surface area contributed by atoms with Crippen molar-refractivity contribution >= 4 is 0 Å². The summed E-state index contributed by atoms with van der Waals surface area (Å²) in [5.74, 6) is 0. The van der Waals surface area contributed by atoms with Gasteiger partial charge in [0.2, 0.25) is 0 Å². The van der Waals surface area contributed by atoms with Gasteiger partial charge in [0.1, 0.15) is 11.7 Å². The van der Waals surface area contributed by atoms with Crippen molar-refractivity contribution < 1.29 is 10.2 Å². The Bertz CT molecular complexity index is 367. The van der Waals surface area contributed by atoms with Crippen LogP contribution in [0, 0.1) is 0 Å². The fourth-order valence-corrected chi connectivity index (χ4v) is 1.59. The van der Waals surface area contributed by atoms with E-state index in [1.165, 1.54) is 0 Å². The zero-order valence-corrected chi connectivity index (χ0v) is 7.67. The van der Waals surface area contributed by atoms with Crippen LogP contribution in [0.25, 0.3) is 0 Å². The Hall–Kier alpha value is -1.38. The molecule has 0 bridgehead atoms. The fourth-order valence-electron chi connectivity index (χ4n) is 1.59. The lowest BCUT2D eigenvalue weighted by Gasteiger charge is -2.30. The average Bonchev–Trinajstić information content (AvgIpc) is 2.24. The highest BCUT2D eigenvalue weighted by atomic mass is 16.3. The van der Waals surface area contributed by atoms with E-state index < -0.39 is 11.7 Å². The number of hydrogen-bond acceptors (Lipinski definition) is 2. The quantitative estimate of drug-likeness (QED) is 0.698. The predicted molar refractivity (Wildman–Crippen MR) is 54.6 cm³/mol. The molecule has 0 radical (unpaired) electrons. The van der Waals surface area contributed by atoms with Gasteiger partial charge in [-0.1, -0.05) is 48.6 Å². The van der Waals surface area contributed by atoms with Gasteiger partial charge in [0.05, 0.1) is 0 Å². The first-order chi connectivity index (χ1) is 6.73. The number of hydrogen-bond donors (Lipinski definition) is 2. The fraction of sp³-hybridized carbons (Fsp3) is 0.167. The lowest BCUT2D eigenvalue weighted by Crippen LogP contribution is -2.37. The molecule has 2 heteroatoms. The predicted octanol–water partition coefficient (Wildman–Crippen LogP) is 1.36. The van der Waals surface area contributed by atoms with Gasteiger partial charge in [-0.05, 0) is 11.6 Å². The molecule has 0 heterocycles. The Balaban J connectivity index is 2.42. The van der Waals surface area contributed by atoms with Gasteiger partial charge in [-0.15, -0.1) is 0 Å². The van der Waals surface area contributed by atoms with Crippen molar-refractivity contribution in [3.63, 3.8) is 0 Å². The van der Waals surface area contributed by atoms with Gasteiger partial charge in [0, 0.05) is 0 Å². The molecule has 1 aliphatic carbocycles. The second-order valence-corrected chi connectivity index (χ2v) is 3.38. The SMILES string of the molecule is OC1C=CC=CC1(O)c1ccccc1. The van der Waals surface area contributed by atoms with Crippen molar-refractivity contribution in [2.24, 2.45) is 0 Å². The normalized spacial score (nSPS) is 30.6. The van der Waals surface area contributed by atoms with Gasteiger partial charge in [-0.25, -0.2) is 0 Å². The molecule has 2 rings (SSSR count). The largest absolute Gasteiger partial charge is 0.385 e. The summed E-state index contributed by atoms with van der Waals surface area (Å²) in [6, 6.07) is 9.15. The monoisotopic (exact) mass is 188 g/mol. The molecule has 0 aliphatic heterocycles. The molecule has 0 saturated heterocycles. The zero-order chi connectivity index (χ0) is 10.0. The van der Waals surface area contributed by atoms with Gasteiger partial charge in [0.25, 0.3) is 0 Å². The highest BCUT2D eigenvalue weighted by molar-refractivity contribution is 5.34. The van der Waals surface area contributed by atoms with Gasteiger partial charge in [-0.2, -0.15) is 0 Å². The highest BCUT2D eigenvalue weighted by Crippen LogP contribution is 2.29. The zero-order valence-electron chi connectivity index (χ0n) is 7.67. The van der Waals surface area contributed by atoms with Crippen LogP contribution in [-0.4, -0.2) is 16.3 Å². The number of allylic oxidation sites excluding steroid dienone is 2. The van der Waals surface area contributed by atoms with Crippen LogP contribution >= 0.6 is 0 Å². The topological polar surface area (TPSA) is 40.5 Å². The van der Waals surface area contributed by atoms with E-state index in [4.69, 9.17) is 0 Å². The maximum atomic E-state index is 10.2. The van der Waals surface area contributed by atoms with Crippen LogP contribution in [0.4, 0.5) is 0 Å². The van der Waals surface area contributed by atoms with E-state index in [-0.39, 0.29) is 0 Å². The number of rotatable bonds is 1. The Morgan fingerprint density at radius 1 is 1.07 bits per heavy atom. The number of aliphatic hydroxyl groups excluding tert-OH is 1. The molecule has 2 N–H and O–H groups in total. The summed E-state index contributed by atoms with van der Waals surface area (Å²) in [4.78, 5) is 0. The van der Waals surface area contributed by atoms with E-state index in [1.807, 2.05) is 18.2 Å².